The van der Waals surface area contributed by atoms with E-state index in [1.807, 2.05) is 30.9 Å². The molecule has 1 aliphatic heterocycles. The summed E-state index contributed by atoms with van der Waals surface area (Å²) in [7, 11) is 0. The zero-order chi connectivity index (χ0) is 16.3. The Labute approximate surface area is 156 Å². The Balaban J connectivity index is 1.79. The summed E-state index contributed by atoms with van der Waals surface area (Å²) in [6, 6.07) is 5.86. The summed E-state index contributed by atoms with van der Waals surface area (Å²) < 4.78 is 2.32. The molecule has 0 aliphatic carbocycles. The summed E-state index contributed by atoms with van der Waals surface area (Å²) in [4.78, 5) is 4.14. The number of hydrogen-bond acceptors (Lipinski definition) is 3. The van der Waals surface area contributed by atoms with Crippen molar-refractivity contribution in [3.05, 3.63) is 52.5 Å². The summed E-state index contributed by atoms with van der Waals surface area (Å²) in [5, 5.41) is 2.16. The normalized spacial score (nSPS) is 24.7. The van der Waals surface area contributed by atoms with Gasteiger partial charge < -0.3 is 4.57 Å². The van der Waals surface area contributed by atoms with E-state index >= 15 is 0 Å². The molecule has 0 bridgehead atoms. The number of aromatic nitrogens is 2. The van der Waals surface area contributed by atoms with Crippen LogP contribution in [0.5, 0.6) is 0 Å². The van der Waals surface area contributed by atoms with Gasteiger partial charge in [-0.05, 0) is 42.7 Å². The molecule has 0 saturated carbocycles. The Morgan fingerprint density at radius 2 is 2.26 bits per heavy atom. The molecule has 1 aliphatic rings. The van der Waals surface area contributed by atoms with Crippen molar-refractivity contribution in [2.24, 2.45) is 0 Å². The Bertz CT molecular complexity index is 648. The highest BCUT2D eigenvalue weighted by Gasteiger charge is 2.37. The molecule has 6 heteroatoms. The summed E-state index contributed by atoms with van der Waals surface area (Å²) in [5.74, 6) is 1.21. The fourth-order valence-electron chi connectivity index (χ4n) is 2.86. The highest BCUT2D eigenvalue weighted by molar-refractivity contribution is 8.19. The first-order chi connectivity index (χ1) is 11.1. The molecule has 0 spiro atoms. The average molecular weight is 387 g/mol. The number of aryl methyl sites for hydroxylation is 1. The minimum Gasteiger partial charge on any atom is -0.337 e. The van der Waals surface area contributed by atoms with Gasteiger partial charge in [0.05, 0.1) is 10.4 Å². The third kappa shape index (κ3) is 4.62. The van der Waals surface area contributed by atoms with Crippen LogP contribution < -0.4 is 0 Å². The van der Waals surface area contributed by atoms with Crippen molar-refractivity contribution in [1.82, 2.24) is 9.55 Å². The number of benzene rings is 1. The number of nitrogens with zero attached hydrogens (tertiary/aromatic N) is 2. The second-order valence-corrected chi connectivity index (χ2v) is 10.3. The van der Waals surface area contributed by atoms with E-state index in [4.69, 9.17) is 23.2 Å². The van der Waals surface area contributed by atoms with Gasteiger partial charge in [-0.1, -0.05) is 36.2 Å². The number of imidazole rings is 1. The van der Waals surface area contributed by atoms with E-state index in [2.05, 4.69) is 46.1 Å². The molecule has 124 valence electrons. The van der Waals surface area contributed by atoms with Crippen molar-refractivity contribution >= 4 is 46.7 Å². The molecule has 1 fully saturated rings. The van der Waals surface area contributed by atoms with Gasteiger partial charge >= 0.3 is 0 Å². The second kappa shape index (κ2) is 7.73. The Morgan fingerprint density at radius 3 is 2.96 bits per heavy atom. The Morgan fingerprint density at radius 1 is 1.39 bits per heavy atom. The Hall–Kier alpha value is -0.290. The van der Waals surface area contributed by atoms with E-state index < -0.39 is 0 Å². The topological polar surface area (TPSA) is 17.8 Å². The van der Waals surface area contributed by atoms with Gasteiger partial charge in [0.25, 0.3) is 0 Å². The number of halogens is 2. The molecule has 1 aromatic carbocycles. The number of hydrogen-bond donors (Lipinski definition) is 0. The van der Waals surface area contributed by atoms with E-state index in [-0.39, 0.29) is 4.08 Å². The first-order valence-corrected chi connectivity index (χ1v) is 10.4. The highest BCUT2D eigenvalue weighted by atomic mass is 35.5. The summed E-state index contributed by atoms with van der Waals surface area (Å²) in [6.45, 7) is 3.32. The van der Waals surface area contributed by atoms with E-state index in [0.717, 1.165) is 24.4 Å². The van der Waals surface area contributed by atoms with Gasteiger partial charge in [-0.15, -0.1) is 23.5 Å². The fraction of sp³-hybridized carbons (Fsp3) is 0.471. The minimum absolute atomic E-state index is 0.166. The molecule has 0 amide bonds. The predicted molar refractivity (Wildman–Crippen MR) is 104 cm³/mol. The molecule has 2 atom stereocenters. The minimum atomic E-state index is 0.166. The largest absolute Gasteiger partial charge is 0.337 e. The lowest BCUT2D eigenvalue weighted by atomic mass is 10.1. The molecule has 1 aromatic heterocycles. The lowest BCUT2D eigenvalue weighted by molar-refractivity contribution is 0.589. The second-order valence-electron chi connectivity index (χ2n) is 5.94. The molecule has 0 radical (unpaired) electrons. The maximum absolute atomic E-state index is 6.43. The predicted octanol–water partition coefficient (Wildman–Crippen LogP) is 5.78. The molecule has 0 N–H and O–H groups in total. The summed E-state index contributed by atoms with van der Waals surface area (Å²) in [6.07, 6.45) is 9.11. The molecular weight excluding hydrogens is 367 g/mol. The zero-order valence-corrected chi connectivity index (χ0v) is 16.2. The molecule has 2 aromatic rings. The number of thioether (sulfide) groups is 2. The van der Waals surface area contributed by atoms with Crippen LogP contribution in [0.15, 0.2) is 36.9 Å². The van der Waals surface area contributed by atoms with E-state index in [0.29, 0.717) is 10.3 Å². The zero-order valence-electron chi connectivity index (χ0n) is 13.0. The molecular formula is C17H20Cl2N2S2. The molecule has 2 unspecified atom stereocenters. The molecule has 23 heavy (non-hydrogen) atoms. The first kappa shape index (κ1) is 17.5. The SMILES string of the molecule is CC1CCSC(CCn2ccnc2)(Cc2ccc(Cl)cc2Cl)S1. The van der Waals surface area contributed by atoms with Crippen LogP contribution in [0, 0.1) is 0 Å². The van der Waals surface area contributed by atoms with Crippen LogP contribution in [0.4, 0.5) is 0 Å². The van der Waals surface area contributed by atoms with Gasteiger partial charge in [-0.3, -0.25) is 0 Å². The molecule has 3 rings (SSSR count). The van der Waals surface area contributed by atoms with Gasteiger partial charge in [0.15, 0.2) is 0 Å². The lowest BCUT2D eigenvalue weighted by Gasteiger charge is -2.39. The van der Waals surface area contributed by atoms with Crippen molar-refractivity contribution in [3.8, 4) is 0 Å². The van der Waals surface area contributed by atoms with Crippen molar-refractivity contribution in [1.29, 1.82) is 0 Å². The van der Waals surface area contributed by atoms with E-state index in [1.54, 1.807) is 0 Å². The summed E-state index contributed by atoms with van der Waals surface area (Å²) >= 11 is 16.7. The van der Waals surface area contributed by atoms with Crippen LogP contribution in [0.1, 0.15) is 25.3 Å². The highest BCUT2D eigenvalue weighted by Crippen LogP contribution is 2.50. The van der Waals surface area contributed by atoms with Crippen molar-refractivity contribution in [2.45, 2.75) is 42.1 Å². The van der Waals surface area contributed by atoms with Crippen LogP contribution in [0.25, 0.3) is 0 Å². The monoisotopic (exact) mass is 386 g/mol. The summed E-state index contributed by atoms with van der Waals surface area (Å²) in [5.41, 5.74) is 1.19. The molecule has 2 nitrogen and oxygen atoms in total. The maximum Gasteiger partial charge on any atom is 0.0945 e. The standard InChI is InChI=1S/C17H20Cl2N2S2/c1-13-4-9-22-17(23-13,5-7-21-8-6-20-12-21)11-14-2-3-15(18)10-16(14)19/h2-3,6,8,10,12-13H,4-5,7,9,11H2,1H3. The first-order valence-electron chi connectivity index (χ1n) is 7.78. The lowest BCUT2D eigenvalue weighted by Crippen LogP contribution is -2.32. The maximum atomic E-state index is 6.43. The van der Waals surface area contributed by atoms with Crippen LogP contribution >= 0.6 is 46.7 Å². The third-order valence-electron chi connectivity index (χ3n) is 4.09. The van der Waals surface area contributed by atoms with Gasteiger partial charge in [0.2, 0.25) is 0 Å². The van der Waals surface area contributed by atoms with Crippen molar-refractivity contribution in [2.75, 3.05) is 5.75 Å². The van der Waals surface area contributed by atoms with Gasteiger partial charge in [0, 0.05) is 34.2 Å². The number of rotatable bonds is 5. The van der Waals surface area contributed by atoms with E-state index in [9.17, 15) is 0 Å². The third-order valence-corrected chi connectivity index (χ3v) is 8.05. The van der Waals surface area contributed by atoms with Crippen LogP contribution in [-0.2, 0) is 13.0 Å². The van der Waals surface area contributed by atoms with Crippen molar-refractivity contribution < 1.29 is 0 Å². The smallest absolute Gasteiger partial charge is 0.0945 e. The van der Waals surface area contributed by atoms with Gasteiger partial charge in [-0.2, -0.15) is 0 Å². The van der Waals surface area contributed by atoms with Crippen LogP contribution in [0.2, 0.25) is 10.0 Å². The average Bonchev–Trinajstić information content (AvgIpc) is 3.02. The fourth-order valence-corrected chi connectivity index (χ4v) is 7.25. The van der Waals surface area contributed by atoms with Gasteiger partial charge in [0.1, 0.15) is 0 Å². The van der Waals surface area contributed by atoms with E-state index in [1.165, 1.54) is 17.7 Å². The molecule has 1 saturated heterocycles. The van der Waals surface area contributed by atoms with Gasteiger partial charge in [-0.25, -0.2) is 4.98 Å². The molecule has 2 heterocycles. The van der Waals surface area contributed by atoms with Crippen LogP contribution in [0.3, 0.4) is 0 Å². The quantitative estimate of drug-likeness (QED) is 0.648. The van der Waals surface area contributed by atoms with Crippen LogP contribution in [-0.4, -0.2) is 24.6 Å². The Kier molecular flexibility index (Phi) is 5.89. The van der Waals surface area contributed by atoms with Crippen molar-refractivity contribution in [3.63, 3.8) is 0 Å².